The Hall–Kier alpha value is -1.83. The number of hydrogen-bond acceptors (Lipinski definition) is 5. The van der Waals surface area contributed by atoms with Crippen LogP contribution in [0.15, 0.2) is 18.7 Å². The molecule has 1 aromatic rings. The van der Waals surface area contributed by atoms with Gasteiger partial charge >= 0.3 is 12.1 Å². The molecule has 120 valence electrons. The molecule has 0 aromatic carbocycles. The number of allylic oxidation sites excluding steroid dienone is 1. The van der Waals surface area contributed by atoms with Gasteiger partial charge < -0.3 is 9.47 Å². The summed E-state index contributed by atoms with van der Waals surface area (Å²) in [6, 6.07) is 0. The molecular formula is C14H14F3NO3S. The summed E-state index contributed by atoms with van der Waals surface area (Å²) in [5, 5.41) is 0. The highest BCUT2D eigenvalue weighted by atomic mass is 32.1. The average molecular weight is 333 g/mol. The number of carbonyl (C=O) groups is 1. The highest BCUT2D eigenvalue weighted by molar-refractivity contribution is 7.06. The minimum Gasteiger partial charge on any atom is -0.452 e. The van der Waals surface area contributed by atoms with Crippen molar-refractivity contribution in [2.45, 2.75) is 38.7 Å². The van der Waals surface area contributed by atoms with Crippen LogP contribution in [0.25, 0.3) is 5.76 Å². The average Bonchev–Trinajstić information content (AvgIpc) is 2.77. The molecule has 1 aromatic heterocycles. The third-order valence-electron chi connectivity index (χ3n) is 2.80. The Morgan fingerprint density at radius 2 is 2.09 bits per heavy atom. The number of cyclic esters (lactones) is 1. The molecule has 0 amide bonds. The molecular weight excluding hydrogens is 319 g/mol. The summed E-state index contributed by atoms with van der Waals surface area (Å²) in [7, 11) is 0. The summed E-state index contributed by atoms with van der Waals surface area (Å²) in [6.45, 7) is 6.45. The van der Waals surface area contributed by atoms with Crippen LogP contribution in [-0.4, -0.2) is 16.1 Å². The van der Waals surface area contributed by atoms with E-state index in [-0.39, 0.29) is 23.4 Å². The molecule has 0 N–H and O–H groups in total. The maximum Gasteiger partial charge on any atom is 0.427 e. The number of nitrogens with zero attached hydrogens (tertiary/aromatic N) is 1. The molecule has 22 heavy (non-hydrogen) atoms. The highest BCUT2D eigenvalue weighted by Gasteiger charge is 2.41. The van der Waals surface area contributed by atoms with E-state index < -0.39 is 22.8 Å². The first-order valence-electron chi connectivity index (χ1n) is 6.45. The largest absolute Gasteiger partial charge is 0.452 e. The van der Waals surface area contributed by atoms with Crippen LogP contribution < -0.4 is 0 Å². The third kappa shape index (κ3) is 3.49. The smallest absolute Gasteiger partial charge is 0.427 e. The van der Waals surface area contributed by atoms with Gasteiger partial charge in [0.2, 0.25) is 5.79 Å². The number of halogens is 3. The van der Waals surface area contributed by atoms with Crippen molar-refractivity contribution in [3.8, 4) is 0 Å². The number of hydrogen-bond donors (Lipinski definition) is 0. The lowest BCUT2D eigenvalue weighted by Gasteiger charge is -2.31. The van der Waals surface area contributed by atoms with Gasteiger partial charge in [-0.15, -0.1) is 6.58 Å². The van der Waals surface area contributed by atoms with E-state index in [0.717, 1.165) is 6.08 Å². The van der Waals surface area contributed by atoms with Crippen LogP contribution in [0.3, 0.4) is 0 Å². The van der Waals surface area contributed by atoms with Crippen LogP contribution in [0, 0.1) is 0 Å². The summed E-state index contributed by atoms with van der Waals surface area (Å²) in [5.74, 6) is -2.25. The van der Waals surface area contributed by atoms with Crippen molar-refractivity contribution in [3.63, 3.8) is 0 Å². The van der Waals surface area contributed by atoms with Gasteiger partial charge in [0.1, 0.15) is 10.6 Å². The number of esters is 1. The molecule has 1 aliphatic heterocycles. The first-order valence-corrected chi connectivity index (χ1v) is 7.22. The van der Waals surface area contributed by atoms with Crippen molar-refractivity contribution in [2.24, 2.45) is 0 Å². The Morgan fingerprint density at radius 1 is 1.41 bits per heavy atom. The van der Waals surface area contributed by atoms with Gasteiger partial charge in [0, 0.05) is 13.8 Å². The predicted molar refractivity (Wildman–Crippen MR) is 74.9 cm³/mol. The van der Waals surface area contributed by atoms with E-state index in [4.69, 9.17) is 9.47 Å². The topological polar surface area (TPSA) is 48.4 Å². The molecule has 1 aliphatic rings. The summed E-state index contributed by atoms with van der Waals surface area (Å²) in [4.78, 5) is 10.7. The van der Waals surface area contributed by atoms with Crippen LogP contribution in [0.4, 0.5) is 13.2 Å². The van der Waals surface area contributed by atoms with Crippen LogP contribution >= 0.6 is 11.5 Å². The second kappa shape index (κ2) is 5.75. The van der Waals surface area contributed by atoms with Crippen LogP contribution in [0.1, 0.15) is 36.4 Å². The summed E-state index contributed by atoms with van der Waals surface area (Å²) < 4.78 is 53.7. The molecule has 0 aliphatic carbocycles. The Balaban J connectivity index is 2.53. The lowest BCUT2D eigenvalue weighted by molar-refractivity contribution is -0.193. The lowest BCUT2D eigenvalue weighted by Crippen LogP contribution is -2.34. The fourth-order valence-electron chi connectivity index (χ4n) is 2.00. The summed E-state index contributed by atoms with van der Waals surface area (Å²) >= 11 is 0.346. The molecule has 0 unspecified atom stereocenters. The zero-order valence-corrected chi connectivity index (χ0v) is 12.8. The first kappa shape index (κ1) is 16.5. The van der Waals surface area contributed by atoms with Crippen LogP contribution in [-0.2, 0) is 26.9 Å². The van der Waals surface area contributed by atoms with E-state index in [1.54, 1.807) is 6.08 Å². The number of rotatable bonds is 4. The first-order chi connectivity index (χ1) is 10.1. The van der Waals surface area contributed by atoms with E-state index in [2.05, 4.69) is 11.0 Å². The van der Waals surface area contributed by atoms with Crippen molar-refractivity contribution in [1.29, 1.82) is 0 Å². The van der Waals surface area contributed by atoms with Crippen molar-refractivity contribution < 1.29 is 27.4 Å². The second-order valence-corrected chi connectivity index (χ2v) is 5.86. The fourth-order valence-corrected chi connectivity index (χ4v) is 2.79. The van der Waals surface area contributed by atoms with E-state index in [1.165, 1.54) is 13.8 Å². The molecule has 0 fully saturated rings. The normalized spacial score (nSPS) is 17.5. The predicted octanol–water partition coefficient (Wildman–Crippen LogP) is 3.93. The highest BCUT2D eigenvalue weighted by Crippen LogP contribution is 2.42. The maximum atomic E-state index is 13.2. The Morgan fingerprint density at radius 3 is 2.64 bits per heavy atom. The summed E-state index contributed by atoms with van der Waals surface area (Å²) in [6.07, 6.45) is -1.32. The fraction of sp³-hybridized carbons (Fsp3) is 0.429. The van der Waals surface area contributed by atoms with Gasteiger partial charge in [-0.2, -0.15) is 17.5 Å². The minimum absolute atomic E-state index is 0.165. The Bertz CT molecular complexity index is 632. The molecule has 2 heterocycles. The molecule has 2 rings (SSSR count). The number of carbonyl (C=O) groups excluding carboxylic acids is 1. The molecule has 4 nitrogen and oxygen atoms in total. The molecule has 0 bridgehead atoms. The third-order valence-corrected chi connectivity index (χ3v) is 3.73. The van der Waals surface area contributed by atoms with Gasteiger partial charge in [-0.05, 0) is 24.4 Å². The number of alkyl halides is 3. The lowest BCUT2D eigenvalue weighted by atomic mass is 10.1. The monoisotopic (exact) mass is 333 g/mol. The van der Waals surface area contributed by atoms with Crippen molar-refractivity contribution in [2.75, 3.05) is 0 Å². The van der Waals surface area contributed by atoms with Gasteiger partial charge in [-0.25, -0.2) is 4.79 Å². The standard InChI is InChI=1S/C14H14F3NO3S/c1-4-5-6-8-11(12(22-18-8)14(15,16)17)9-7-10(19)21-13(2,3)20-9/h4,7H,1,5-6H2,2-3H3. The Labute approximate surface area is 129 Å². The van der Waals surface area contributed by atoms with Gasteiger partial charge in [-0.1, -0.05) is 6.08 Å². The SMILES string of the molecule is C=CCCc1nsc(C(F)(F)F)c1C1=CC(=O)OC(C)(C)O1. The zero-order chi connectivity index (χ0) is 16.5. The van der Waals surface area contributed by atoms with Gasteiger partial charge in [0.25, 0.3) is 0 Å². The van der Waals surface area contributed by atoms with Gasteiger partial charge in [0.15, 0.2) is 0 Å². The number of aryl methyl sites for hydroxylation is 1. The zero-order valence-electron chi connectivity index (χ0n) is 12.0. The molecule has 0 spiro atoms. The van der Waals surface area contributed by atoms with E-state index >= 15 is 0 Å². The van der Waals surface area contributed by atoms with Crippen molar-refractivity contribution >= 4 is 23.3 Å². The Kier molecular flexibility index (Phi) is 4.32. The maximum absolute atomic E-state index is 13.2. The van der Waals surface area contributed by atoms with E-state index in [9.17, 15) is 18.0 Å². The molecule has 0 atom stereocenters. The molecule has 0 saturated carbocycles. The molecule has 8 heteroatoms. The minimum atomic E-state index is -4.57. The van der Waals surface area contributed by atoms with Crippen LogP contribution in [0.5, 0.6) is 0 Å². The molecule has 0 radical (unpaired) electrons. The van der Waals surface area contributed by atoms with Crippen molar-refractivity contribution in [1.82, 2.24) is 4.37 Å². The number of ether oxygens (including phenoxy) is 2. The van der Waals surface area contributed by atoms with Crippen LogP contribution in [0.2, 0.25) is 0 Å². The van der Waals surface area contributed by atoms with Gasteiger partial charge in [0.05, 0.1) is 17.3 Å². The second-order valence-electron chi connectivity index (χ2n) is 5.09. The van der Waals surface area contributed by atoms with Gasteiger partial charge in [-0.3, -0.25) is 0 Å². The number of aromatic nitrogens is 1. The molecule has 0 saturated heterocycles. The quantitative estimate of drug-likeness (QED) is 0.619. The summed E-state index contributed by atoms with van der Waals surface area (Å²) in [5.41, 5.74) is 0.0399. The van der Waals surface area contributed by atoms with E-state index in [1.807, 2.05) is 0 Å². The van der Waals surface area contributed by atoms with E-state index in [0.29, 0.717) is 18.0 Å². The van der Waals surface area contributed by atoms with Crippen molar-refractivity contribution in [3.05, 3.63) is 34.9 Å².